The zero-order valence-electron chi connectivity index (χ0n) is 10.1. The van der Waals surface area contributed by atoms with Gasteiger partial charge in [-0.1, -0.05) is 0 Å². The zero-order valence-corrected chi connectivity index (χ0v) is 10.1. The molecule has 2 rings (SSSR count). The molecule has 5 nitrogen and oxygen atoms in total. The first-order valence-corrected chi connectivity index (χ1v) is 5.52. The Bertz CT molecular complexity index is 695. The molecule has 0 aliphatic rings. The van der Waals surface area contributed by atoms with Crippen LogP contribution in [0.3, 0.4) is 0 Å². The molecule has 0 amide bonds. The summed E-state index contributed by atoms with van der Waals surface area (Å²) in [5.41, 5.74) is 0.441. The molecule has 0 aliphatic heterocycles. The summed E-state index contributed by atoms with van der Waals surface area (Å²) in [7, 11) is 0. The van der Waals surface area contributed by atoms with Crippen molar-refractivity contribution in [1.82, 2.24) is 9.55 Å². The summed E-state index contributed by atoms with van der Waals surface area (Å²) in [5, 5.41) is 9.03. The minimum absolute atomic E-state index is 0.0326. The van der Waals surface area contributed by atoms with E-state index in [4.69, 9.17) is 5.11 Å². The van der Waals surface area contributed by atoms with Crippen molar-refractivity contribution in [2.24, 2.45) is 0 Å². The Hall–Kier alpha value is -2.50. The Labute approximate surface area is 108 Å². The van der Waals surface area contributed by atoms with Gasteiger partial charge in [-0.15, -0.1) is 0 Å². The van der Waals surface area contributed by atoms with Crippen LogP contribution < -0.4 is 5.69 Å². The Balaban J connectivity index is 2.48. The fourth-order valence-corrected chi connectivity index (χ4v) is 1.76. The molecule has 0 atom stereocenters. The van der Waals surface area contributed by atoms with E-state index in [2.05, 4.69) is 4.98 Å². The molecule has 0 fully saturated rings. The second-order valence-corrected chi connectivity index (χ2v) is 4.15. The van der Waals surface area contributed by atoms with Gasteiger partial charge in [-0.2, -0.15) is 0 Å². The monoisotopic (exact) mass is 262 g/mol. The van der Waals surface area contributed by atoms with Crippen molar-refractivity contribution in [2.75, 3.05) is 0 Å². The maximum atomic E-state index is 13.2. The molecular weight excluding hydrogens is 251 g/mol. The van der Waals surface area contributed by atoms with E-state index in [0.29, 0.717) is 0 Å². The van der Waals surface area contributed by atoms with Crippen molar-refractivity contribution in [3.8, 4) is 0 Å². The number of nitrogens with zero attached hydrogens (tertiary/aromatic N) is 2. The van der Waals surface area contributed by atoms with E-state index < -0.39 is 17.5 Å². The van der Waals surface area contributed by atoms with Gasteiger partial charge in [0.05, 0.1) is 12.1 Å². The van der Waals surface area contributed by atoms with Crippen molar-refractivity contribution >= 4 is 5.97 Å². The van der Waals surface area contributed by atoms with Gasteiger partial charge in [0.2, 0.25) is 0 Å². The second-order valence-electron chi connectivity index (χ2n) is 4.15. The van der Waals surface area contributed by atoms with Gasteiger partial charge in [0.25, 0.3) is 0 Å². The topological polar surface area (TPSA) is 72.2 Å². The SMILES string of the molecule is Cc1cnc(=O)n(Cc2cc(F)ccc2C(=O)O)c1. The zero-order chi connectivity index (χ0) is 14.0. The highest BCUT2D eigenvalue weighted by atomic mass is 19.1. The number of hydrogen-bond acceptors (Lipinski definition) is 3. The molecule has 0 saturated heterocycles. The van der Waals surface area contributed by atoms with E-state index in [1.54, 1.807) is 13.1 Å². The number of carbonyl (C=O) groups is 1. The molecule has 0 bridgehead atoms. The van der Waals surface area contributed by atoms with Crippen LogP contribution in [0.5, 0.6) is 0 Å². The summed E-state index contributed by atoms with van der Waals surface area (Å²) < 4.78 is 14.4. The number of halogens is 1. The average Bonchev–Trinajstić information content (AvgIpc) is 2.33. The van der Waals surface area contributed by atoms with Crippen LogP contribution in [-0.2, 0) is 6.54 Å². The molecule has 0 radical (unpaired) electrons. The lowest BCUT2D eigenvalue weighted by Gasteiger charge is -2.09. The number of benzene rings is 1. The number of hydrogen-bond donors (Lipinski definition) is 1. The Morgan fingerprint density at radius 3 is 2.89 bits per heavy atom. The molecule has 0 aliphatic carbocycles. The third kappa shape index (κ3) is 2.85. The van der Waals surface area contributed by atoms with E-state index in [9.17, 15) is 14.0 Å². The van der Waals surface area contributed by atoms with E-state index in [1.807, 2.05) is 0 Å². The summed E-state index contributed by atoms with van der Waals surface area (Å²) in [6.45, 7) is 1.72. The van der Waals surface area contributed by atoms with Crippen LogP contribution in [0.1, 0.15) is 21.5 Å². The first kappa shape index (κ1) is 12.9. The average molecular weight is 262 g/mol. The highest BCUT2D eigenvalue weighted by Gasteiger charge is 2.12. The van der Waals surface area contributed by atoms with Crippen LogP contribution in [0.15, 0.2) is 35.4 Å². The van der Waals surface area contributed by atoms with Crippen LogP contribution >= 0.6 is 0 Å². The number of aryl methyl sites for hydroxylation is 1. The molecule has 0 spiro atoms. The van der Waals surface area contributed by atoms with Gasteiger partial charge in [0, 0.05) is 12.4 Å². The van der Waals surface area contributed by atoms with E-state index in [-0.39, 0.29) is 17.7 Å². The van der Waals surface area contributed by atoms with E-state index in [1.165, 1.54) is 16.8 Å². The molecule has 2 aromatic rings. The fraction of sp³-hybridized carbons (Fsp3) is 0.154. The lowest BCUT2D eigenvalue weighted by atomic mass is 10.1. The predicted molar refractivity (Wildman–Crippen MR) is 65.7 cm³/mol. The molecule has 19 heavy (non-hydrogen) atoms. The van der Waals surface area contributed by atoms with Crippen molar-refractivity contribution in [3.05, 3.63) is 63.6 Å². The van der Waals surface area contributed by atoms with Crippen molar-refractivity contribution in [1.29, 1.82) is 0 Å². The van der Waals surface area contributed by atoms with Crippen LogP contribution in [0.4, 0.5) is 4.39 Å². The molecule has 1 aromatic carbocycles. The quantitative estimate of drug-likeness (QED) is 0.908. The molecule has 6 heteroatoms. The minimum Gasteiger partial charge on any atom is -0.478 e. The van der Waals surface area contributed by atoms with Crippen LogP contribution in [0.25, 0.3) is 0 Å². The Morgan fingerprint density at radius 1 is 1.47 bits per heavy atom. The molecule has 0 unspecified atom stereocenters. The minimum atomic E-state index is -1.16. The summed E-state index contributed by atoms with van der Waals surface area (Å²) in [6.07, 6.45) is 2.97. The Morgan fingerprint density at radius 2 is 2.21 bits per heavy atom. The summed E-state index contributed by atoms with van der Waals surface area (Å²) in [5.74, 6) is -1.71. The molecule has 98 valence electrons. The number of carboxylic acid groups (broad SMARTS) is 1. The normalized spacial score (nSPS) is 10.4. The predicted octanol–water partition coefficient (Wildman–Crippen LogP) is 1.44. The van der Waals surface area contributed by atoms with Gasteiger partial charge in [0.1, 0.15) is 5.82 Å². The van der Waals surface area contributed by atoms with Crippen LogP contribution in [0, 0.1) is 12.7 Å². The third-order valence-corrected chi connectivity index (χ3v) is 2.62. The molecular formula is C13H11FN2O3. The number of aromatic carboxylic acids is 1. The van der Waals surface area contributed by atoms with Gasteiger partial charge in [-0.25, -0.2) is 19.0 Å². The van der Waals surface area contributed by atoms with Crippen molar-refractivity contribution < 1.29 is 14.3 Å². The largest absolute Gasteiger partial charge is 0.478 e. The van der Waals surface area contributed by atoms with Crippen LogP contribution in [-0.4, -0.2) is 20.6 Å². The molecule has 1 N–H and O–H groups in total. The first-order valence-electron chi connectivity index (χ1n) is 5.52. The first-order chi connectivity index (χ1) is 8.97. The fourth-order valence-electron chi connectivity index (χ4n) is 1.76. The molecule has 1 aromatic heterocycles. The van der Waals surface area contributed by atoms with E-state index in [0.717, 1.165) is 17.7 Å². The maximum absolute atomic E-state index is 13.2. The van der Waals surface area contributed by atoms with Crippen molar-refractivity contribution in [2.45, 2.75) is 13.5 Å². The second kappa shape index (κ2) is 5.01. The van der Waals surface area contributed by atoms with Gasteiger partial charge < -0.3 is 5.11 Å². The molecule has 1 heterocycles. The lowest BCUT2D eigenvalue weighted by molar-refractivity contribution is 0.0695. The standard InChI is InChI=1S/C13H11FN2O3/c1-8-5-15-13(19)16(6-8)7-9-4-10(14)2-3-11(9)12(17)18/h2-6H,7H2,1H3,(H,17,18). The van der Waals surface area contributed by atoms with Crippen molar-refractivity contribution in [3.63, 3.8) is 0 Å². The third-order valence-electron chi connectivity index (χ3n) is 2.62. The van der Waals surface area contributed by atoms with Crippen LogP contribution in [0.2, 0.25) is 0 Å². The highest BCUT2D eigenvalue weighted by Crippen LogP contribution is 2.12. The smallest absolute Gasteiger partial charge is 0.347 e. The number of carboxylic acids is 1. The summed E-state index contributed by atoms with van der Waals surface area (Å²) in [6, 6.07) is 3.36. The molecule has 0 saturated carbocycles. The van der Waals surface area contributed by atoms with Gasteiger partial charge in [-0.3, -0.25) is 4.57 Å². The summed E-state index contributed by atoms with van der Waals surface area (Å²) >= 11 is 0. The highest BCUT2D eigenvalue weighted by molar-refractivity contribution is 5.89. The van der Waals surface area contributed by atoms with Gasteiger partial charge in [0.15, 0.2) is 0 Å². The summed E-state index contributed by atoms with van der Waals surface area (Å²) in [4.78, 5) is 26.2. The van der Waals surface area contributed by atoms with E-state index >= 15 is 0 Å². The number of aromatic nitrogens is 2. The maximum Gasteiger partial charge on any atom is 0.347 e. The van der Waals surface area contributed by atoms with Gasteiger partial charge >= 0.3 is 11.7 Å². The van der Waals surface area contributed by atoms with Gasteiger partial charge in [-0.05, 0) is 36.2 Å². The lowest BCUT2D eigenvalue weighted by Crippen LogP contribution is -2.23. The number of rotatable bonds is 3. The Kier molecular flexibility index (Phi) is 3.41.